The Hall–Kier alpha value is 0.0725. The molecule has 11 heavy (non-hydrogen) atoms. The average Bonchev–Trinajstić information content (AvgIpc) is 1.56. The van der Waals surface area contributed by atoms with Crippen LogP contribution < -0.4 is 0 Å². The van der Waals surface area contributed by atoms with Crippen LogP contribution in [-0.4, -0.2) is 35.1 Å². The molecule has 0 saturated carbocycles. The zero-order valence-corrected chi connectivity index (χ0v) is 5.99. The van der Waals surface area contributed by atoms with E-state index in [1.54, 1.807) is 0 Å². The number of hydrogen-bond donors (Lipinski definition) is 0. The van der Waals surface area contributed by atoms with Crippen LogP contribution in [0.2, 0.25) is 0 Å². The Morgan fingerprint density at radius 1 is 0.909 bits per heavy atom. The summed E-state index contributed by atoms with van der Waals surface area (Å²) in [5.41, 5.74) is 0. The molecular formula is C3HAlF6O. The highest BCUT2D eigenvalue weighted by Gasteiger charge is 2.56. The van der Waals surface area contributed by atoms with Gasteiger partial charge in [-0.2, -0.15) is 26.3 Å². The monoisotopic (exact) mass is 194 g/mol. The average molecular weight is 194 g/mol. The molecule has 0 aliphatic rings. The van der Waals surface area contributed by atoms with E-state index in [9.17, 15) is 26.3 Å². The van der Waals surface area contributed by atoms with E-state index in [4.69, 9.17) is 0 Å². The van der Waals surface area contributed by atoms with Gasteiger partial charge in [0.1, 0.15) is 0 Å². The van der Waals surface area contributed by atoms with Crippen molar-refractivity contribution in [2.45, 2.75) is 18.5 Å². The van der Waals surface area contributed by atoms with Gasteiger partial charge in [-0.05, 0) is 0 Å². The smallest absolute Gasteiger partial charge is 0.420 e. The second kappa shape index (κ2) is 3.21. The van der Waals surface area contributed by atoms with Crippen LogP contribution in [0.3, 0.4) is 0 Å². The van der Waals surface area contributed by atoms with Crippen LogP contribution in [0.15, 0.2) is 0 Å². The largest absolute Gasteiger partial charge is 0.501 e. The molecule has 8 heteroatoms. The van der Waals surface area contributed by atoms with Gasteiger partial charge >= 0.3 is 29.0 Å². The molecule has 0 unspecified atom stereocenters. The maximum atomic E-state index is 11.4. The molecular weight excluding hydrogens is 193 g/mol. The third kappa shape index (κ3) is 3.31. The molecule has 0 aromatic heterocycles. The summed E-state index contributed by atoms with van der Waals surface area (Å²) >= 11 is 0.928. The summed E-state index contributed by atoms with van der Waals surface area (Å²) < 4.78 is 71.3. The maximum Gasteiger partial charge on any atom is 0.420 e. The van der Waals surface area contributed by atoms with E-state index in [1.807, 2.05) is 0 Å². The van der Waals surface area contributed by atoms with E-state index in [1.165, 1.54) is 0 Å². The van der Waals surface area contributed by atoms with Crippen molar-refractivity contribution in [1.82, 2.24) is 0 Å². The third-order valence-electron chi connectivity index (χ3n) is 0.731. The van der Waals surface area contributed by atoms with Crippen molar-refractivity contribution < 1.29 is 30.1 Å². The van der Waals surface area contributed by atoms with Gasteiger partial charge < -0.3 is 3.79 Å². The topological polar surface area (TPSA) is 9.23 Å². The molecule has 64 valence electrons. The molecule has 0 aliphatic carbocycles. The molecule has 0 rings (SSSR count). The fourth-order valence-electron chi connectivity index (χ4n) is 0.340. The number of halogens is 6. The van der Waals surface area contributed by atoms with E-state index >= 15 is 0 Å². The molecule has 0 aromatic rings. The first-order valence-corrected chi connectivity index (χ1v) is 2.65. The lowest BCUT2D eigenvalue weighted by Gasteiger charge is -2.22. The summed E-state index contributed by atoms with van der Waals surface area (Å²) in [6.45, 7) is 0. The number of alkyl halides is 6. The zero-order valence-electron chi connectivity index (χ0n) is 4.83. The number of rotatable bonds is 1. The quantitative estimate of drug-likeness (QED) is 0.454. The van der Waals surface area contributed by atoms with E-state index < -0.39 is 18.5 Å². The van der Waals surface area contributed by atoms with Gasteiger partial charge in [0.25, 0.3) is 0 Å². The van der Waals surface area contributed by atoms with Gasteiger partial charge in [-0.3, -0.25) is 0 Å². The molecule has 0 atom stereocenters. The lowest BCUT2D eigenvalue weighted by Crippen LogP contribution is -2.43. The van der Waals surface area contributed by atoms with Crippen molar-refractivity contribution in [1.29, 1.82) is 0 Å². The Morgan fingerprint density at radius 3 is 1.18 bits per heavy atom. The summed E-state index contributed by atoms with van der Waals surface area (Å²) in [5.74, 6) is 0. The molecule has 0 fully saturated rings. The molecule has 1 nitrogen and oxygen atoms in total. The molecule has 0 heterocycles. The summed E-state index contributed by atoms with van der Waals surface area (Å²) in [4.78, 5) is 0. The van der Waals surface area contributed by atoms with Crippen molar-refractivity contribution in [3.8, 4) is 0 Å². The Labute approximate surface area is 66.1 Å². The summed E-state index contributed by atoms with van der Waals surface area (Å²) in [6.07, 6.45) is -14.6. The summed E-state index contributed by atoms with van der Waals surface area (Å²) in [7, 11) is 0. The standard InChI is InChI=1S/C3HF6O.Al/c4-2(5,6)1(10)3(7,8)9;/h1H;/q-1;+1. The van der Waals surface area contributed by atoms with Crippen LogP contribution in [0, 0.1) is 0 Å². The van der Waals surface area contributed by atoms with Crippen LogP contribution in [0.1, 0.15) is 0 Å². The lowest BCUT2D eigenvalue weighted by atomic mass is 10.3. The van der Waals surface area contributed by atoms with Crippen LogP contribution in [0.5, 0.6) is 0 Å². The van der Waals surface area contributed by atoms with Gasteiger partial charge in [-0.25, -0.2) is 0 Å². The molecule has 0 bridgehead atoms. The Kier molecular flexibility index (Phi) is 3.23. The first-order valence-electron chi connectivity index (χ1n) is 2.18. The predicted molar refractivity (Wildman–Crippen MR) is 22.7 cm³/mol. The molecule has 0 spiro atoms. The predicted octanol–water partition coefficient (Wildman–Crippen LogP) is 1.58. The Balaban J connectivity index is 4.43. The SMILES string of the molecule is FC(F)(F)C([O][Al])C(F)(F)F. The second-order valence-electron chi connectivity index (χ2n) is 1.60. The molecule has 0 N–H and O–H groups in total. The minimum atomic E-state index is -5.42. The van der Waals surface area contributed by atoms with Gasteiger partial charge in [-0.1, -0.05) is 0 Å². The first-order chi connectivity index (χ1) is 4.69. The van der Waals surface area contributed by atoms with E-state index in [-0.39, 0.29) is 0 Å². The van der Waals surface area contributed by atoms with Gasteiger partial charge in [0, 0.05) is 0 Å². The van der Waals surface area contributed by atoms with Gasteiger partial charge in [-0.15, -0.1) is 0 Å². The highest BCUT2D eigenvalue weighted by molar-refractivity contribution is 5.98. The van der Waals surface area contributed by atoms with Crippen LogP contribution in [-0.2, 0) is 3.79 Å². The fraction of sp³-hybridized carbons (Fsp3) is 1.00. The molecule has 2 radical (unpaired) electrons. The van der Waals surface area contributed by atoms with Crippen LogP contribution in [0.25, 0.3) is 0 Å². The molecule has 0 saturated heterocycles. The van der Waals surface area contributed by atoms with Crippen molar-refractivity contribution in [3.05, 3.63) is 0 Å². The minimum absolute atomic E-state index is 0.928. The van der Waals surface area contributed by atoms with Crippen molar-refractivity contribution >= 4 is 16.6 Å². The molecule has 0 amide bonds. The Bertz CT molecular complexity index is 113. The molecule has 0 aliphatic heterocycles. The van der Waals surface area contributed by atoms with Crippen molar-refractivity contribution in [3.63, 3.8) is 0 Å². The highest BCUT2D eigenvalue weighted by Crippen LogP contribution is 2.34. The fourth-order valence-corrected chi connectivity index (χ4v) is 0.648. The first kappa shape index (κ1) is 11.1. The summed E-state index contributed by atoms with van der Waals surface area (Å²) in [6, 6.07) is 0. The van der Waals surface area contributed by atoms with Gasteiger partial charge in [0.05, 0.1) is 0 Å². The highest BCUT2D eigenvalue weighted by atomic mass is 27.1. The second-order valence-corrected chi connectivity index (χ2v) is 1.87. The van der Waals surface area contributed by atoms with Crippen molar-refractivity contribution in [2.75, 3.05) is 0 Å². The number of hydrogen-bond acceptors (Lipinski definition) is 1. The van der Waals surface area contributed by atoms with Crippen molar-refractivity contribution in [2.24, 2.45) is 0 Å². The van der Waals surface area contributed by atoms with Gasteiger partial charge in [0.2, 0.25) is 6.10 Å². The normalized spacial score (nSPS) is 14.1. The summed E-state index contributed by atoms with van der Waals surface area (Å²) in [5, 5.41) is 0. The van der Waals surface area contributed by atoms with E-state index in [2.05, 4.69) is 3.79 Å². The van der Waals surface area contributed by atoms with E-state index in [0.29, 0.717) is 0 Å². The zero-order chi connectivity index (χ0) is 9.28. The Morgan fingerprint density at radius 2 is 1.18 bits per heavy atom. The molecule has 0 aromatic carbocycles. The van der Waals surface area contributed by atoms with Gasteiger partial charge in [0.15, 0.2) is 0 Å². The van der Waals surface area contributed by atoms with Crippen LogP contribution >= 0.6 is 0 Å². The lowest BCUT2D eigenvalue weighted by molar-refractivity contribution is -0.299. The maximum absolute atomic E-state index is 11.4. The minimum Gasteiger partial charge on any atom is -0.501 e. The third-order valence-corrected chi connectivity index (χ3v) is 1.00. The van der Waals surface area contributed by atoms with Crippen LogP contribution in [0.4, 0.5) is 26.3 Å². The van der Waals surface area contributed by atoms with E-state index in [0.717, 1.165) is 16.6 Å².